The van der Waals surface area contributed by atoms with Crippen LogP contribution in [-0.4, -0.2) is 16.8 Å². The number of anilines is 1. The highest BCUT2D eigenvalue weighted by Gasteiger charge is 2.37. The van der Waals surface area contributed by atoms with Gasteiger partial charge in [0.15, 0.2) is 0 Å². The van der Waals surface area contributed by atoms with E-state index in [1.165, 1.54) is 12.1 Å². The van der Waals surface area contributed by atoms with E-state index in [-0.39, 0.29) is 5.69 Å². The van der Waals surface area contributed by atoms with E-state index in [0.717, 1.165) is 0 Å². The van der Waals surface area contributed by atoms with Gasteiger partial charge in [-0.15, -0.1) is 0 Å². The van der Waals surface area contributed by atoms with Crippen molar-refractivity contribution in [3.63, 3.8) is 0 Å². The summed E-state index contributed by atoms with van der Waals surface area (Å²) in [4.78, 5) is 0. The summed E-state index contributed by atoms with van der Waals surface area (Å²) in [5.74, 6) is 0. The van der Waals surface area contributed by atoms with E-state index in [1.54, 1.807) is 0 Å². The first-order valence-electron chi connectivity index (χ1n) is 6.00. The predicted octanol–water partition coefficient (Wildman–Crippen LogP) is 4.97. The van der Waals surface area contributed by atoms with Gasteiger partial charge in [-0.25, -0.2) is 5.43 Å². The minimum Gasteiger partial charge on any atom is -0.317 e. The summed E-state index contributed by atoms with van der Waals surface area (Å²) in [7, 11) is 0. The van der Waals surface area contributed by atoms with Gasteiger partial charge in [-0.3, -0.25) is 0 Å². The summed E-state index contributed by atoms with van der Waals surface area (Å²) >= 11 is 10.6. The molecule has 0 spiro atoms. The van der Waals surface area contributed by atoms with Gasteiger partial charge in [0.05, 0.1) is 33.4 Å². The fourth-order valence-electron chi connectivity index (χ4n) is 1.49. The van der Waals surface area contributed by atoms with Crippen LogP contribution in [0.25, 0.3) is 0 Å². The molecule has 0 radical (unpaired) electrons. The summed E-state index contributed by atoms with van der Waals surface area (Å²) in [6, 6.07) is 2.18. The van der Waals surface area contributed by atoms with Crippen LogP contribution in [0.1, 0.15) is 5.56 Å². The Kier molecular flexibility index (Phi) is 7.08. The normalized spacial score (nSPS) is 14.3. The Hall–Kier alpha value is -1.53. The van der Waals surface area contributed by atoms with Crippen molar-refractivity contribution in [3.8, 4) is 12.1 Å². The summed E-state index contributed by atoms with van der Waals surface area (Å²) in [5, 5.41) is 14.8. The molecule has 0 aromatic heterocycles. The second-order valence-electron chi connectivity index (χ2n) is 4.30. The summed E-state index contributed by atoms with van der Waals surface area (Å²) in [5.41, 5.74) is -1.91. The van der Waals surface area contributed by atoms with Crippen LogP contribution in [0, 0.1) is 22.7 Å². The quantitative estimate of drug-likeness (QED) is 0.517. The third-order valence-corrected chi connectivity index (χ3v) is 4.05. The Morgan fingerprint density at radius 1 is 1.00 bits per heavy atom. The minimum absolute atomic E-state index is 0.287. The lowest BCUT2D eigenvalue weighted by molar-refractivity contribution is -0.137. The van der Waals surface area contributed by atoms with Crippen LogP contribution in [0.4, 0.5) is 32.0 Å². The summed E-state index contributed by atoms with van der Waals surface area (Å²) in [6.07, 6.45) is -4.70. The van der Waals surface area contributed by atoms with Gasteiger partial charge < -0.3 is 5.43 Å². The van der Waals surface area contributed by atoms with E-state index in [4.69, 9.17) is 33.7 Å². The van der Waals surface area contributed by atoms with Crippen molar-refractivity contribution >= 4 is 40.7 Å². The molecular weight excluding hydrogens is 417 g/mol. The lowest BCUT2D eigenvalue weighted by Crippen LogP contribution is -2.41. The van der Waals surface area contributed by atoms with Crippen LogP contribution in [0.15, 0.2) is 12.1 Å². The van der Waals surface area contributed by atoms with Gasteiger partial charge in [-0.1, -0.05) is 23.2 Å². The molecule has 2 unspecified atom stereocenters. The third kappa shape index (κ3) is 6.36. The predicted molar refractivity (Wildman–Crippen MR) is 80.7 cm³/mol. The van der Waals surface area contributed by atoms with Gasteiger partial charge in [0.2, 0.25) is 0 Å². The number of benzene rings is 1. The third-order valence-electron chi connectivity index (χ3n) is 2.55. The standard InChI is InChI=1S/C12H6Cl2F6N4S/c13-6-1-5(11(15,16)17)2-7(14)10(6)24-23-8(3-21)9(4-22)25-12(18,19)20/h1-2,8-9,23-24H. The zero-order chi connectivity index (χ0) is 19.4. The number of halogens is 8. The molecule has 0 fully saturated rings. The monoisotopic (exact) mass is 422 g/mol. The van der Waals surface area contributed by atoms with Crippen molar-refractivity contribution in [2.24, 2.45) is 0 Å². The van der Waals surface area contributed by atoms with Crippen molar-refractivity contribution in [2.75, 3.05) is 5.43 Å². The van der Waals surface area contributed by atoms with E-state index in [1.807, 2.05) is 0 Å². The van der Waals surface area contributed by atoms with Crippen molar-refractivity contribution in [2.45, 2.75) is 23.0 Å². The molecule has 0 saturated heterocycles. The highest BCUT2D eigenvalue weighted by Crippen LogP contribution is 2.38. The molecule has 0 aliphatic heterocycles. The second-order valence-corrected chi connectivity index (χ2v) is 6.32. The zero-order valence-electron chi connectivity index (χ0n) is 11.6. The maximum Gasteiger partial charge on any atom is 0.443 e. The maximum atomic E-state index is 12.6. The lowest BCUT2D eigenvalue weighted by atomic mass is 10.2. The molecule has 25 heavy (non-hydrogen) atoms. The van der Waals surface area contributed by atoms with Gasteiger partial charge in [-0.05, 0) is 23.9 Å². The number of nitrogens with zero attached hydrogens (tertiary/aromatic N) is 2. The van der Waals surface area contributed by atoms with Crippen LogP contribution in [-0.2, 0) is 6.18 Å². The van der Waals surface area contributed by atoms with Gasteiger partial charge >= 0.3 is 11.7 Å². The summed E-state index contributed by atoms with van der Waals surface area (Å²) in [6.45, 7) is 0. The van der Waals surface area contributed by atoms with E-state index in [0.29, 0.717) is 12.1 Å². The van der Waals surface area contributed by atoms with Crippen LogP contribution >= 0.6 is 35.0 Å². The number of alkyl halides is 6. The number of thioether (sulfide) groups is 1. The average Bonchev–Trinajstić information content (AvgIpc) is 2.46. The SMILES string of the molecule is N#CC(NNc1c(Cl)cc(C(F)(F)F)cc1Cl)C(C#N)SC(F)(F)F. The average molecular weight is 423 g/mol. The van der Waals surface area contributed by atoms with Crippen molar-refractivity contribution in [1.29, 1.82) is 10.5 Å². The van der Waals surface area contributed by atoms with E-state index in [9.17, 15) is 26.3 Å². The Bertz CT molecular complexity index is 687. The zero-order valence-corrected chi connectivity index (χ0v) is 14.0. The molecule has 0 saturated carbocycles. The first-order valence-corrected chi connectivity index (χ1v) is 7.64. The largest absolute Gasteiger partial charge is 0.443 e. The highest BCUT2D eigenvalue weighted by atomic mass is 35.5. The van der Waals surface area contributed by atoms with Crippen molar-refractivity contribution in [3.05, 3.63) is 27.7 Å². The fraction of sp³-hybridized carbons (Fsp3) is 0.333. The Morgan fingerprint density at radius 3 is 1.88 bits per heavy atom. The van der Waals surface area contributed by atoms with E-state index >= 15 is 0 Å². The fourth-order valence-corrected chi connectivity index (χ4v) is 2.68. The molecule has 0 heterocycles. The molecule has 1 aromatic rings. The Morgan fingerprint density at radius 2 is 1.52 bits per heavy atom. The number of hydrogen-bond acceptors (Lipinski definition) is 5. The van der Waals surface area contributed by atoms with Crippen LogP contribution in [0.2, 0.25) is 10.0 Å². The molecule has 0 aliphatic carbocycles. The number of hydrogen-bond donors (Lipinski definition) is 2. The lowest BCUT2D eigenvalue weighted by Gasteiger charge is -2.20. The molecule has 0 aliphatic rings. The molecule has 136 valence electrons. The Balaban J connectivity index is 2.96. The van der Waals surface area contributed by atoms with Crippen molar-refractivity contribution < 1.29 is 26.3 Å². The van der Waals surface area contributed by atoms with Crippen LogP contribution in [0.5, 0.6) is 0 Å². The molecule has 1 aromatic carbocycles. The maximum absolute atomic E-state index is 12.6. The van der Waals surface area contributed by atoms with Crippen molar-refractivity contribution in [1.82, 2.24) is 5.43 Å². The molecular formula is C12H6Cl2F6N4S. The summed E-state index contributed by atoms with van der Waals surface area (Å²) < 4.78 is 74.9. The molecule has 2 N–H and O–H groups in total. The molecule has 1 rings (SSSR count). The number of hydrazine groups is 1. The molecule has 0 amide bonds. The number of nitrogens with one attached hydrogen (secondary N) is 2. The second kappa shape index (κ2) is 8.23. The highest BCUT2D eigenvalue weighted by molar-refractivity contribution is 8.01. The van der Waals surface area contributed by atoms with Gasteiger partial charge in [0.25, 0.3) is 0 Å². The smallest absolute Gasteiger partial charge is 0.317 e. The van der Waals surface area contributed by atoms with Gasteiger partial charge in [0.1, 0.15) is 11.3 Å². The number of rotatable bonds is 5. The molecule has 4 nitrogen and oxygen atoms in total. The topological polar surface area (TPSA) is 71.6 Å². The first-order chi connectivity index (χ1) is 11.4. The molecule has 13 heteroatoms. The van der Waals surface area contributed by atoms with E-state index < -0.39 is 50.3 Å². The molecule has 0 bridgehead atoms. The first kappa shape index (κ1) is 21.5. The van der Waals surface area contributed by atoms with Crippen LogP contribution in [0.3, 0.4) is 0 Å². The minimum atomic E-state index is -4.76. The van der Waals surface area contributed by atoms with Crippen LogP contribution < -0.4 is 10.9 Å². The van der Waals surface area contributed by atoms with Gasteiger partial charge in [0, 0.05) is 0 Å². The molecule has 2 atom stereocenters. The number of nitriles is 2. The van der Waals surface area contributed by atoms with E-state index in [2.05, 4.69) is 10.9 Å². The Labute approximate surface area is 151 Å². The van der Waals surface area contributed by atoms with Gasteiger partial charge in [-0.2, -0.15) is 36.9 Å².